The van der Waals surface area contributed by atoms with Crippen molar-refractivity contribution in [3.05, 3.63) is 121 Å². The second-order valence-electron chi connectivity index (χ2n) is 6.76. The smallest absolute Gasteiger partial charge is 0 e. The van der Waals surface area contributed by atoms with Crippen LogP contribution >= 0.6 is 54.6 Å². The Balaban J connectivity index is 0.000000533. The summed E-state index contributed by atoms with van der Waals surface area (Å²) in [4.78, 5) is 0. The molecule has 1 radical (unpaired) electrons. The van der Waals surface area contributed by atoms with E-state index in [4.69, 9.17) is 43.9 Å². The van der Waals surface area contributed by atoms with Gasteiger partial charge in [0.25, 0.3) is 0 Å². The zero-order chi connectivity index (χ0) is 26.1. The van der Waals surface area contributed by atoms with Gasteiger partial charge in [-0.25, -0.2) is 0 Å². The second kappa shape index (κ2) is 21.0. The molecule has 0 amide bonds. The van der Waals surface area contributed by atoms with Crippen LogP contribution < -0.4 is 21.2 Å². The Bertz CT molecular complexity index is 879. The third-order valence-corrected chi connectivity index (χ3v) is 8.86. The van der Waals surface area contributed by atoms with Gasteiger partial charge in [-0.2, -0.15) is 0 Å². The van der Waals surface area contributed by atoms with Gasteiger partial charge in [0.05, 0.1) is 0 Å². The number of rotatable bonds is 4. The Hall–Kier alpha value is 0.0808. The molecule has 9 heteroatoms. The van der Waals surface area contributed by atoms with E-state index in [0.29, 0.717) is 0 Å². The van der Waals surface area contributed by atoms with E-state index in [-0.39, 0.29) is 34.7 Å². The van der Waals surface area contributed by atoms with Gasteiger partial charge < -0.3 is 5.11 Å². The quantitative estimate of drug-likeness (QED) is 0.175. The Labute approximate surface area is 250 Å². The van der Waals surface area contributed by atoms with Crippen LogP contribution in [0.25, 0.3) is 0 Å². The molecular weight excluding hydrogens is 652 g/mol. The van der Waals surface area contributed by atoms with Gasteiger partial charge in [-0.3, -0.25) is 0 Å². The minimum absolute atomic E-state index is 0. The van der Waals surface area contributed by atoms with E-state index in [2.05, 4.69) is 135 Å². The molecule has 0 unspecified atom stereocenters. The summed E-state index contributed by atoms with van der Waals surface area (Å²) < 4.78 is 0. The predicted molar refractivity (Wildman–Crippen MR) is 167 cm³/mol. The van der Waals surface area contributed by atoms with Crippen LogP contribution in [0.15, 0.2) is 121 Å². The fourth-order valence-electron chi connectivity index (χ4n) is 2.90. The fraction of sp³-hybridized carbons (Fsp3) is 0.111. The summed E-state index contributed by atoms with van der Waals surface area (Å²) in [5, 5.41) is 12.8. The van der Waals surface area contributed by atoms with Gasteiger partial charge in [0.1, 0.15) is 0 Å². The Morgan fingerprint density at radius 1 is 0.444 bits per heavy atom. The first kappa shape index (κ1) is 36.1. The van der Waals surface area contributed by atoms with Crippen LogP contribution in [0.1, 0.15) is 0 Å². The van der Waals surface area contributed by atoms with Gasteiger partial charge in [-0.05, 0) is 50.4 Å². The van der Waals surface area contributed by atoms with Crippen molar-refractivity contribution in [1.29, 1.82) is 0 Å². The number of aliphatic hydroxyl groups is 1. The third kappa shape index (κ3) is 16.1. The average molecular weight is 682 g/mol. The van der Waals surface area contributed by atoms with Crippen LogP contribution in [-0.2, 0) is 10.8 Å². The van der Waals surface area contributed by atoms with Crippen LogP contribution in [-0.4, -0.2) is 44.4 Å². The third-order valence-electron chi connectivity index (χ3n) is 4.57. The van der Waals surface area contributed by atoms with Crippen LogP contribution in [0.4, 0.5) is 0 Å². The standard InChI is InChI=1S/2C13H13P.CH4O.4ClH.Li.Ru/c2*1-14(12-8-4-2-5-9-12)13-10-6-3-7-11-13;1-2;;;;;;/h2*2-11H,1H3;2H,1H3;4*1H;;/q;;;;;;;;+4/p-4. The number of halogens is 4. The van der Waals surface area contributed by atoms with E-state index in [1.807, 2.05) is 0 Å². The van der Waals surface area contributed by atoms with Gasteiger partial charge in [-0.1, -0.05) is 121 Å². The van der Waals surface area contributed by atoms with Crippen molar-refractivity contribution in [2.45, 2.75) is 0 Å². The molecule has 36 heavy (non-hydrogen) atoms. The topological polar surface area (TPSA) is 20.2 Å². The SMILES string of the molecule is CO.CP(c1ccccc1)c1ccccc1.CP(c1ccccc1)c1ccccc1.[Cl][Ru]([Cl])([Cl])[Cl].[Li]. The summed E-state index contributed by atoms with van der Waals surface area (Å²) in [5.41, 5.74) is 0. The summed E-state index contributed by atoms with van der Waals surface area (Å²) in [6, 6.07) is 42.8. The maximum Gasteiger partial charge on any atom is 0 e. The van der Waals surface area contributed by atoms with Crippen molar-refractivity contribution in [2.24, 2.45) is 0 Å². The van der Waals surface area contributed by atoms with Crippen LogP contribution in [0.3, 0.4) is 0 Å². The van der Waals surface area contributed by atoms with E-state index in [9.17, 15) is 0 Å². The molecule has 0 aliphatic carbocycles. The molecule has 0 fully saturated rings. The normalized spacial score (nSPS) is 10.4. The monoisotopic (exact) mass is 681 g/mol. The zero-order valence-corrected chi connectivity index (χ0v) is 27.3. The van der Waals surface area contributed by atoms with Crippen molar-refractivity contribution in [3.8, 4) is 0 Å². The molecule has 4 aromatic rings. The van der Waals surface area contributed by atoms with E-state index < -0.39 is 10.8 Å². The molecule has 191 valence electrons. The predicted octanol–water partition coefficient (Wildman–Crippen LogP) is 7.48. The van der Waals surface area contributed by atoms with Crippen molar-refractivity contribution >= 4 is 94.7 Å². The zero-order valence-electron chi connectivity index (χ0n) is 20.8. The summed E-state index contributed by atoms with van der Waals surface area (Å²) in [6.07, 6.45) is 0. The van der Waals surface area contributed by atoms with Gasteiger partial charge in [0.2, 0.25) is 0 Å². The minimum atomic E-state index is -2.97. The first-order valence-corrected chi connectivity index (χ1v) is 22.9. The maximum atomic E-state index is 7.00. The van der Waals surface area contributed by atoms with E-state index in [0.717, 1.165) is 7.11 Å². The summed E-state index contributed by atoms with van der Waals surface area (Å²) in [5.74, 6) is 0. The maximum absolute atomic E-state index is 7.00. The van der Waals surface area contributed by atoms with Crippen LogP contribution in [0.2, 0.25) is 0 Å². The van der Waals surface area contributed by atoms with Crippen molar-refractivity contribution < 1.29 is 15.9 Å². The average Bonchev–Trinajstić information content (AvgIpc) is 2.90. The van der Waals surface area contributed by atoms with E-state index in [1.54, 1.807) is 0 Å². The number of hydrogen-bond donors (Lipinski definition) is 1. The molecule has 0 aliphatic rings. The molecular formula is C27H30Cl4LiOP2Ru. The van der Waals surface area contributed by atoms with Gasteiger partial charge >= 0.3 is 49.6 Å². The summed E-state index contributed by atoms with van der Waals surface area (Å²) in [7, 11) is 17.7. The van der Waals surface area contributed by atoms with E-state index in [1.165, 1.54) is 21.2 Å². The number of benzene rings is 4. The molecule has 0 bridgehead atoms. The second-order valence-corrected chi connectivity index (χ2v) is 26.9. The molecule has 0 atom stereocenters. The first-order valence-electron chi connectivity index (χ1n) is 10.4. The Morgan fingerprint density at radius 3 is 0.722 bits per heavy atom. The van der Waals surface area contributed by atoms with Gasteiger partial charge in [0, 0.05) is 26.0 Å². The minimum Gasteiger partial charge on any atom is 0 e. The Kier molecular flexibility index (Phi) is 21.0. The molecule has 0 aromatic heterocycles. The molecule has 0 saturated carbocycles. The molecule has 0 saturated heterocycles. The largest absolute Gasteiger partial charge is 0 e. The fourth-order valence-corrected chi connectivity index (χ4v) is 5.98. The molecule has 4 rings (SSSR count). The van der Waals surface area contributed by atoms with Gasteiger partial charge in [0.15, 0.2) is 0 Å². The van der Waals surface area contributed by atoms with Crippen molar-refractivity contribution in [1.82, 2.24) is 0 Å². The number of hydrogen-bond acceptors (Lipinski definition) is 1. The van der Waals surface area contributed by atoms with Crippen LogP contribution in [0.5, 0.6) is 0 Å². The molecule has 0 heterocycles. The summed E-state index contributed by atoms with van der Waals surface area (Å²) in [6.45, 7) is 4.61. The first-order chi connectivity index (χ1) is 16.8. The Morgan fingerprint density at radius 2 is 0.583 bits per heavy atom. The van der Waals surface area contributed by atoms with Crippen molar-refractivity contribution in [3.63, 3.8) is 0 Å². The molecule has 1 N–H and O–H groups in total. The molecule has 4 aromatic carbocycles. The molecule has 1 nitrogen and oxygen atoms in total. The van der Waals surface area contributed by atoms with Gasteiger partial charge in [-0.15, -0.1) is 0 Å². The number of aliphatic hydroxyl groups excluding tert-OH is 1. The molecule has 0 aliphatic heterocycles. The summed E-state index contributed by atoms with van der Waals surface area (Å²) >= 11 is 0. The van der Waals surface area contributed by atoms with Crippen molar-refractivity contribution in [2.75, 3.05) is 20.4 Å². The van der Waals surface area contributed by atoms with Crippen LogP contribution in [0, 0.1) is 0 Å². The molecule has 0 spiro atoms. The van der Waals surface area contributed by atoms with E-state index >= 15 is 0 Å².